The third-order valence-electron chi connectivity index (χ3n) is 8.27. The van der Waals surface area contributed by atoms with Gasteiger partial charge in [-0.2, -0.15) is 0 Å². The molecular weight excluding hydrogens is 420 g/mol. The predicted octanol–water partition coefficient (Wildman–Crippen LogP) is 5.06. The van der Waals surface area contributed by atoms with E-state index in [4.69, 9.17) is 11.6 Å². The number of carbonyl (C=O) groups excluding carboxylic acids is 2. The molecule has 168 valence electrons. The second-order valence-electron chi connectivity index (χ2n) is 9.89. The molecule has 5 heteroatoms. The van der Waals surface area contributed by atoms with Crippen LogP contribution in [0.3, 0.4) is 0 Å². The van der Waals surface area contributed by atoms with E-state index >= 15 is 0 Å². The minimum Gasteiger partial charge on any atom is -0.355 e. The van der Waals surface area contributed by atoms with Crippen LogP contribution in [0.25, 0.3) is 0 Å². The Hall–Kier alpha value is -2.33. The molecule has 1 N–H and O–H groups in total. The first-order valence-electron chi connectivity index (χ1n) is 11.9. The molecule has 4 nitrogen and oxygen atoms in total. The Morgan fingerprint density at radius 1 is 0.938 bits per heavy atom. The van der Waals surface area contributed by atoms with Gasteiger partial charge >= 0.3 is 0 Å². The van der Waals surface area contributed by atoms with Crippen LogP contribution in [0.2, 0.25) is 5.02 Å². The topological polar surface area (TPSA) is 49.4 Å². The lowest BCUT2D eigenvalue weighted by Crippen LogP contribution is -2.55. The summed E-state index contributed by atoms with van der Waals surface area (Å²) in [5, 5.41) is 3.80. The average molecular weight is 451 g/mol. The van der Waals surface area contributed by atoms with E-state index in [0.717, 1.165) is 56.6 Å². The second kappa shape index (κ2) is 8.55. The van der Waals surface area contributed by atoms with E-state index < -0.39 is 0 Å². The first-order chi connectivity index (χ1) is 15.5. The summed E-state index contributed by atoms with van der Waals surface area (Å²) in [6.45, 7) is 2.11. The highest BCUT2D eigenvalue weighted by atomic mass is 35.5. The first kappa shape index (κ1) is 21.5. The zero-order valence-electron chi connectivity index (χ0n) is 18.5. The van der Waals surface area contributed by atoms with Gasteiger partial charge < -0.3 is 10.2 Å². The van der Waals surface area contributed by atoms with Crippen LogP contribution in [-0.4, -0.2) is 36.3 Å². The molecule has 2 aromatic carbocycles. The van der Waals surface area contributed by atoms with Crippen LogP contribution in [0.5, 0.6) is 0 Å². The Balaban J connectivity index is 1.37. The SMILES string of the molecule is O=C1CC2(CCN(C(=O)C3(c4ccccc4)CCCC3)CC2)C(c2ccc(Cl)cc2)CN1. The van der Waals surface area contributed by atoms with Gasteiger partial charge in [0.1, 0.15) is 0 Å². The van der Waals surface area contributed by atoms with Crippen LogP contribution >= 0.6 is 11.6 Å². The molecule has 3 aliphatic rings. The molecule has 2 aliphatic heterocycles. The Labute approximate surface area is 195 Å². The molecule has 2 heterocycles. The number of likely N-dealkylation sites (tertiary alicyclic amines) is 1. The molecule has 3 fully saturated rings. The highest BCUT2D eigenvalue weighted by Crippen LogP contribution is 2.50. The summed E-state index contributed by atoms with van der Waals surface area (Å²) >= 11 is 6.12. The molecule has 1 atom stereocenters. The maximum atomic E-state index is 13.9. The van der Waals surface area contributed by atoms with E-state index in [1.807, 2.05) is 30.3 Å². The lowest BCUT2D eigenvalue weighted by Gasteiger charge is -2.50. The minimum absolute atomic E-state index is 0.0947. The maximum Gasteiger partial charge on any atom is 0.233 e. The van der Waals surface area contributed by atoms with Crippen LogP contribution in [0.15, 0.2) is 54.6 Å². The molecule has 5 rings (SSSR count). The first-order valence-corrected chi connectivity index (χ1v) is 12.3. The molecule has 1 saturated carbocycles. The molecule has 1 unspecified atom stereocenters. The van der Waals surface area contributed by atoms with Crippen molar-refractivity contribution in [2.45, 2.75) is 56.3 Å². The van der Waals surface area contributed by atoms with Crippen LogP contribution in [0, 0.1) is 5.41 Å². The second-order valence-corrected chi connectivity index (χ2v) is 10.3. The summed E-state index contributed by atoms with van der Waals surface area (Å²) in [6.07, 6.45) is 6.36. The summed E-state index contributed by atoms with van der Waals surface area (Å²) in [5.41, 5.74) is 1.93. The van der Waals surface area contributed by atoms with Gasteiger partial charge in [0.05, 0.1) is 5.41 Å². The fourth-order valence-corrected chi connectivity index (χ4v) is 6.58. The number of piperidine rings is 2. The number of rotatable bonds is 3. The standard InChI is InChI=1S/C27H31ClN2O2/c28-22-10-8-20(9-11-22)23-19-29-24(31)18-26(23)14-16-30(17-15-26)25(32)27(12-4-5-13-27)21-6-2-1-3-7-21/h1-3,6-11,23H,4-5,12-19H2,(H,29,31). The van der Waals surface area contributed by atoms with E-state index in [2.05, 4.69) is 34.5 Å². The summed E-state index contributed by atoms with van der Waals surface area (Å²) in [6, 6.07) is 18.4. The van der Waals surface area contributed by atoms with Crippen molar-refractivity contribution in [2.75, 3.05) is 19.6 Å². The number of hydrogen-bond acceptors (Lipinski definition) is 2. The highest BCUT2D eigenvalue weighted by molar-refractivity contribution is 6.30. The number of nitrogens with zero attached hydrogens (tertiary/aromatic N) is 1. The van der Waals surface area contributed by atoms with Crippen LogP contribution in [0.1, 0.15) is 62.0 Å². The minimum atomic E-state index is -0.370. The number of hydrogen-bond donors (Lipinski definition) is 1. The van der Waals surface area contributed by atoms with Crippen LogP contribution < -0.4 is 5.32 Å². The summed E-state index contributed by atoms with van der Waals surface area (Å²) < 4.78 is 0. The van der Waals surface area contributed by atoms with Crippen molar-refractivity contribution in [3.63, 3.8) is 0 Å². The summed E-state index contributed by atoms with van der Waals surface area (Å²) in [7, 11) is 0. The molecular formula is C27H31ClN2O2. The largest absolute Gasteiger partial charge is 0.355 e. The van der Waals surface area contributed by atoms with Crippen molar-refractivity contribution < 1.29 is 9.59 Å². The van der Waals surface area contributed by atoms with E-state index in [1.54, 1.807) is 0 Å². The lowest BCUT2D eigenvalue weighted by atomic mass is 9.62. The Morgan fingerprint density at radius 3 is 2.25 bits per heavy atom. The van der Waals surface area contributed by atoms with Crippen LogP contribution in [-0.2, 0) is 15.0 Å². The smallest absolute Gasteiger partial charge is 0.233 e. The fourth-order valence-electron chi connectivity index (χ4n) is 6.45. The van der Waals surface area contributed by atoms with Gasteiger partial charge in [-0.3, -0.25) is 9.59 Å². The van der Waals surface area contributed by atoms with Crippen molar-refractivity contribution in [3.8, 4) is 0 Å². The third-order valence-corrected chi connectivity index (χ3v) is 8.52. The average Bonchev–Trinajstić information content (AvgIpc) is 3.32. The normalized spacial score (nSPS) is 24.3. The van der Waals surface area contributed by atoms with E-state index in [-0.39, 0.29) is 22.7 Å². The van der Waals surface area contributed by atoms with Gasteiger partial charge in [-0.25, -0.2) is 0 Å². The highest BCUT2D eigenvalue weighted by Gasteiger charge is 2.50. The van der Waals surface area contributed by atoms with E-state index in [0.29, 0.717) is 18.9 Å². The van der Waals surface area contributed by atoms with Gasteiger partial charge in [-0.15, -0.1) is 0 Å². The van der Waals surface area contributed by atoms with Crippen molar-refractivity contribution in [3.05, 3.63) is 70.7 Å². The number of nitrogens with one attached hydrogen (secondary N) is 1. The van der Waals surface area contributed by atoms with Gasteiger partial charge in [-0.05, 0) is 54.4 Å². The molecule has 32 heavy (non-hydrogen) atoms. The third kappa shape index (κ3) is 3.73. The van der Waals surface area contributed by atoms with Gasteiger partial charge in [0, 0.05) is 37.0 Å². The van der Waals surface area contributed by atoms with Crippen molar-refractivity contribution in [1.82, 2.24) is 10.2 Å². The van der Waals surface area contributed by atoms with Crippen LogP contribution in [0.4, 0.5) is 0 Å². The number of halogens is 1. The van der Waals surface area contributed by atoms with Gasteiger partial charge in [0.2, 0.25) is 11.8 Å². The van der Waals surface area contributed by atoms with Gasteiger partial charge in [-0.1, -0.05) is 66.9 Å². The molecule has 0 bridgehead atoms. The van der Waals surface area contributed by atoms with Crippen molar-refractivity contribution in [1.29, 1.82) is 0 Å². The maximum absolute atomic E-state index is 13.9. The lowest BCUT2D eigenvalue weighted by molar-refractivity contribution is -0.141. The predicted molar refractivity (Wildman–Crippen MR) is 127 cm³/mol. The summed E-state index contributed by atoms with van der Waals surface area (Å²) in [4.78, 5) is 28.4. The molecule has 2 saturated heterocycles. The fraction of sp³-hybridized carbons (Fsp3) is 0.481. The number of carbonyl (C=O) groups is 2. The summed E-state index contributed by atoms with van der Waals surface area (Å²) in [5.74, 6) is 0.676. The molecule has 2 aromatic rings. The Kier molecular flexibility index (Phi) is 5.75. The molecule has 0 radical (unpaired) electrons. The van der Waals surface area contributed by atoms with E-state index in [1.165, 1.54) is 11.1 Å². The van der Waals surface area contributed by atoms with Gasteiger partial charge in [0.25, 0.3) is 0 Å². The Bertz CT molecular complexity index is 974. The molecule has 1 aliphatic carbocycles. The Morgan fingerprint density at radius 2 is 1.59 bits per heavy atom. The van der Waals surface area contributed by atoms with Crippen molar-refractivity contribution in [2.24, 2.45) is 5.41 Å². The molecule has 1 spiro atoms. The van der Waals surface area contributed by atoms with E-state index in [9.17, 15) is 9.59 Å². The molecule has 2 amide bonds. The number of amides is 2. The zero-order valence-corrected chi connectivity index (χ0v) is 19.2. The van der Waals surface area contributed by atoms with Gasteiger partial charge in [0.15, 0.2) is 0 Å². The van der Waals surface area contributed by atoms with Crippen molar-refractivity contribution >= 4 is 23.4 Å². The molecule has 0 aromatic heterocycles. The number of benzene rings is 2. The quantitative estimate of drug-likeness (QED) is 0.710. The zero-order chi connectivity index (χ0) is 22.2. The monoisotopic (exact) mass is 450 g/mol.